The lowest BCUT2D eigenvalue weighted by Gasteiger charge is -2.26. The van der Waals surface area contributed by atoms with E-state index in [9.17, 15) is 9.18 Å². The van der Waals surface area contributed by atoms with Crippen molar-refractivity contribution >= 4 is 21.9 Å². The summed E-state index contributed by atoms with van der Waals surface area (Å²) in [5, 5.41) is 8.86. The first-order valence-corrected chi connectivity index (χ1v) is 6.26. The van der Waals surface area contributed by atoms with E-state index in [-0.39, 0.29) is 18.4 Å². The Kier molecular flexibility index (Phi) is 5.50. The van der Waals surface area contributed by atoms with Crippen LogP contribution in [-0.4, -0.2) is 29.1 Å². The lowest BCUT2D eigenvalue weighted by molar-refractivity contribution is -0.138. The Morgan fingerprint density at radius 3 is 2.83 bits per heavy atom. The van der Waals surface area contributed by atoms with Gasteiger partial charge in [0.15, 0.2) is 0 Å². The summed E-state index contributed by atoms with van der Waals surface area (Å²) in [4.78, 5) is 12.5. The van der Waals surface area contributed by atoms with Crippen LogP contribution < -0.4 is 0 Å². The number of nitrogens with zero attached hydrogens (tertiary/aromatic N) is 1. The third-order valence-corrected chi connectivity index (χ3v) is 3.28. The molecule has 1 atom stereocenters. The van der Waals surface area contributed by atoms with E-state index in [1.165, 1.54) is 6.07 Å². The van der Waals surface area contributed by atoms with Crippen molar-refractivity contribution in [3.05, 3.63) is 46.7 Å². The van der Waals surface area contributed by atoms with Crippen molar-refractivity contribution in [2.45, 2.75) is 13.0 Å². The van der Waals surface area contributed by atoms with E-state index in [1.807, 2.05) is 6.92 Å². The van der Waals surface area contributed by atoms with Gasteiger partial charge in [0.25, 0.3) is 0 Å². The van der Waals surface area contributed by atoms with Crippen LogP contribution in [0.1, 0.15) is 18.5 Å². The first-order valence-electron chi connectivity index (χ1n) is 5.47. The van der Waals surface area contributed by atoms with Gasteiger partial charge in [-0.15, -0.1) is 6.58 Å². The SMILES string of the molecule is C=CCN(CC(=O)O)C(C)c1ccc(F)c(Br)c1. The largest absolute Gasteiger partial charge is 0.480 e. The first-order chi connectivity index (χ1) is 8.45. The number of carboxylic acids is 1. The van der Waals surface area contributed by atoms with Crippen LogP contribution in [0.5, 0.6) is 0 Å². The average Bonchev–Trinajstić information content (AvgIpc) is 2.31. The molecule has 1 N–H and O–H groups in total. The summed E-state index contributed by atoms with van der Waals surface area (Å²) in [6.07, 6.45) is 1.65. The molecule has 0 aliphatic carbocycles. The van der Waals surface area contributed by atoms with Crippen molar-refractivity contribution in [3.63, 3.8) is 0 Å². The minimum absolute atomic E-state index is 0.0812. The number of benzene rings is 1. The summed E-state index contributed by atoms with van der Waals surface area (Å²) in [6.45, 7) is 5.87. The molecule has 18 heavy (non-hydrogen) atoms. The van der Waals surface area contributed by atoms with Crippen molar-refractivity contribution in [2.75, 3.05) is 13.1 Å². The van der Waals surface area contributed by atoms with Crippen LogP contribution in [0.4, 0.5) is 4.39 Å². The van der Waals surface area contributed by atoms with Crippen molar-refractivity contribution in [3.8, 4) is 0 Å². The van der Waals surface area contributed by atoms with Gasteiger partial charge >= 0.3 is 5.97 Å². The van der Waals surface area contributed by atoms with E-state index in [4.69, 9.17) is 5.11 Å². The molecule has 0 saturated heterocycles. The van der Waals surface area contributed by atoms with E-state index in [0.717, 1.165) is 5.56 Å². The van der Waals surface area contributed by atoms with Gasteiger partial charge in [0, 0.05) is 12.6 Å². The molecule has 5 heteroatoms. The number of aliphatic carboxylic acids is 1. The Labute approximate surface area is 114 Å². The number of hydrogen-bond acceptors (Lipinski definition) is 2. The smallest absolute Gasteiger partial charge is 0.317 e. The van der Waals surface area contributed by atoms with Gasteiger partial charge in [-0.05, 0) is 40.5 Å². The van der Waals surface area contributed by atoms with Crippen LogP contribution in [0.25, 0.3) is 0 Å². The van der Waals surface area contributed by atoms with E-state index in [2.05, 4.69) is 22.5 Å². The molecule has 0 amide bonds. The molecule has 0 aliphatic rings. The van der Waals surface area contributed by atoms with Gasteiger partial charge in [0.2, 0.25) is 0 Å². The molecule has 0 heterocycles. The first kappa shape index (κ1) is 14.9. The molecule has 0 bridgehead atoms. The van der Waals surface area contributed by atoms with Crippen LogP contribution in [0.15, 0.2) is 35.3 Å². The maximum absolute atomic E-state index is 13.2. The average molecular weight is 316 g/mol. The second-order valence-electron chi connectivity index (χ2n) is 3.96. The van der Waals surface area contributed by atoms with Crippen LogP contribution >= 0.6 is 15.9 Å². The number of rotatable bonds is 6. The number of carbonyl (C=O) groups is 1. The summed E-state index contributed by atoms with van der Waals surface area (Å²) in [5.74, 6) is -1.23. The Hall–Kier alpha value is -1.20. The highest BCUT2D eigenvalue weighted by Gasteiger charge is 2.18. The van der Waals surface area contributed by atoms with E-state index in [1.54, 1.807) is 23.1 Å². The molecule has 3 nitrogen and oxygen atoms in total. The van der Waals surface area contributed by atoms with Crippen molar-refractivity contribution in [1.29, 1.82) is 0 Å². The standard InChI is InChI=1S/C13H15BrFNO2/c1-3-6-16(8-13(17)18)9(2)10-4-5-12(15)11(14)7-10/h3-5,7,9H,1,6,8H2,2H3,(H,17,18). The summed E-state index contributed by atoms with van der Waals surface area (Å²) in [7, 11) is 0. The summed E-state index contributed by atoms with van der Waals surface area (Å²) in [6, 6.07) is 4.56. The maximum atomic E-state index is 13.2. The number of hydrogen-bond donors (Lipinski definition) is 1. The normalized spacial score (nSPS) is 12.4. The third kappa shape index (κ3) is 3.92. The summed E-state index contributed by atoms with van der Waals surface area (Å²) >= 11 is 3.12. The molecule has 0 fully saturated rings. The molecule has 98 valence electrons. The predicted octanol–water partition coefficient (Wildman–Crippen LogP) is 3.22. The minimum atomic E-state index is -0.898. The zero-order valence-electron chi connectivity index (χ0n) is 10.1. The second-order valence-corrected chi connectivity index (χ2v) is 4.82. The molecule has 0 spiro atoms. The van der Waals surface area contributed by atoms with Gasteiger partial charge in [0.1, 0.15) is 5.82 Å². The Morgan fingerprint density at radius 2 is 2.33 bits per heavy atom. The van der Waals surface area contributed by atoms with Crippen LogP contribution in [0.3, 0.4) is 0 Å². The molecule has 1 aromatic rings. The van der Waals surface area contributed by atoms with Gasteiger partial charge in [-0.2, -0.15) is 0 Å². The summed E-state index contributed by atoms with van der Waals surface area (Å²) in [5.41, 5.74) is 0.853. The molecule has 1 aromatic carbocycles. The van der Waals surface area contributed by atoms with Crippen molar-refractivity contribution in [2.24, 2.45) is 0 Å². The molecule has 0 radical (unpaired) electrons. The molecule has 1 rings (SSSR count). The van der Waals surface area contributed by atoms with E-state index < -0.39 is 5.97 Å². The van der Waals surface area contributed by atoms with Crippen LogP contribution in [0.2, 0.25) is 0 Å². The van der Waals surface area contributed by atoms with E-state index in [0.29, 0.717) is 11.0 Å². The molecule has 0 aromatic heterocycles. The molecule has 0 aliphatic heterocycles. The fourth-order valence-corrected chi connectivity index (χ4v) is 2.08. The highest BCUT2D eigenvalue weighted by atomic mass is 79.9. The molecular weight excluding hydrogens is 301 g/mol. The Morgan fingerprint density at radius 1 is 1.67 bits per heavy atom. The lowest BCUT2D eigenvalue weighted by atomic mass is 10.1. The number of halogens is 2. The van der Waals surface area contributed by atoms with Gasteiger partial charge in [-0.1, -0.05) is 12.1 Å². The van der Waals surface area contributed by atoms with Gasteiger partial charge < -0.3 is 5.11 Å². The van der Waals surface area contributed by atoms with Crippen molar-refractivity contribution < 1.29 is 14.3 Å². The zero-order chi connectivity index (χ0) is 13.7. The zero-order valence-corrected chi connectivity index (χ0v) is 11.7. The highest BCUT2D eigenvalue weighted by Crippen LogP contribution is 2.25. The molecule has 0 saturated carbocycles. The Bertz CT molecular complexity index is 451. The van der Waals surface area contributed by atoms with Gasteiger partial charge in [-0.25, -0.2) is 4.39 Å². The minimum Gasteiger partial charge on any atom is -0.480 e. The predicted molar refractivity (Wildman–Crippen MR) is 71.9 cm³/mol. The quantitative estimate of drug-likeness (QED) is 0.819. The highest BCUT2D eigenvalue weighted by molar-refractivity contribution is 9.10. The molecular formula is C13H15BrFNO2. The van der Waals surface area contributed by atoms with Gasteiger partial charge in [0.05, 0.1) is 11.0 Å². The van der Waals surface area contributed by atoms with Crippen LogP contribution in [0, 0.1) is 5.82 Å². The van der Waals surface area contributed by atoms with E-state index >= 15 is 0 Å². The molecule has 1 unspecified atom stereocenters. The fourth-order valence-electron chi connectivity index (χ4n) is 1.68. The Balaban J connectivity index is 2.93. The fraction of sp³-hybridized carbons (Fsp3) is 0.308. The number of carboxylic acid groups (broad SMARTS) is 1. The maximum Gasteiger partial charge on any atom is 0.317 e. The summed E-state index contributed by atoms with van der Waals surface area (Å²) < 4.78 is 13.5. The van der Waals surface area contributed by atoms with Crippen LogP contribution in [-0.2, 0) is 4.79 Å². The lowest BCUT2D eigenvalue weighted by Crippen LogP contribution is -2.32. The topological polar surface area (TPSA) is 40.5 Å². The second kappa shape index (κ2) is 6.66. The monoisotopic (exact) mass is 315 g/mol. The van der Waals surface area contributed by atoms with Crippen molar-refractivity contribution in [1.82, 2.24) is 4.90 Å². The van der Waals surface area contributed by atoms with Gasteiger partial charge in [-0.3, -0.25) is 9.69 Å². The third-order valence-electron chi connectivity index (χ3n) is 2.68.